The van der Waals surface area contributed by atoms with Gasteiger partial charge in [0.15, 0.2) is 0 Å². The first-order valence-corrected chi connectivity index (χ1v) is 7.99. The lowest BCUT2D eigenvalue weighted by molar-refractivity contribution is -0.123. The highest BCUT2D eigenvalue weighted by molar-refractivity contribution is 5.96. The number of nitrogens with one attached hydrogen (secondary N) is 1. The molecule has 4 heteroatoms. The van der Waals surface area contributed by atoms with Gasteiger partial charge in [-0.3, -0.25) is 9.69 Å². The van der Waals surface area contributed by atoms with Gasteiger partial charge in [0.25, 0.3) is 0 Å². The highest BCUT2D eigenvalue weighted by Crippen LogP contribution is 2.24. The van der Waals surface area contributed by atoms with Crippen LogP contribution in [0.5, 0.6) is 0 Å². The van der Waals surface area contributed by atoms with E-state index in [1.165, 1.54) is 0 Å². The summed E-state index contributed by atoms with van der Waals surface area (Å²) in [6, 6.07) is 17.5. The average Bonchev–Trinajstić information content (AvgIpc) is 2.59. The summed E-state index contributed by atoms with van der Waals surface area (Å²) in [7, 11) is 0. The zero-order valence-electron chi connectivity index (χ0n) is 13.4. The monoisotopic (exact) mass is 310 g/mol. The number of carbonyl (C=O) groups excluding carboxylic acids is 1. The number of rotatable bonds is 4. The molecule has 2 aromatic rings. The summed E-state index contributed by atoms with van der Waals surface area (Å²) in [6.45, 7) is 4.87. The van der Waals surface area contributed by atoms with Crippen molar-refractivity contribution in [2.75, 3.05) is 31.6 Å². The van der Waals surface area contributed by atoms with Crippen molar-refractivity contribution in [1.82, 2.24) is 4.90 Å². The SMILES string of the molecule is Cc1ccccc1NC(=O)[C@@H](c1ccccc1)N1CCOCC1. The summed E-state index contributed by atoms with van der Waals surface area (Å²) in [5, 5.41) is 3.08. The van der Waals surface area contributed by atoms with Gasteiger partial charge in [-0.1, -0.05) is 48.5 Å². The molecular formula is C19H22N2O2. The Bertz CT molecular complexity index is 651. The second-order valence-electron chi connectivity index (χ2n) is 5.77. The third-order valence-corrected chi connectivity index (χ3v) is 4.18. The van der Waals surface area contributed by atoms with Crippen molar-refractivity contribution in [3.63, 3.8) is 0 Å². The number of morpholine rings is 1. The molecule has 1 fully saturated rings. The highest BCUT2D eigenvalue weighted by atomic mass is 16.5. The Morgan fingerprint density at radius 1 is 1.04 bits per heavy atom. The van der Waals surface area contributed by atoms with Crippen LogP contribution in [0.4, 0.5) is 5.69 Å². The molecule has 1 aliphatic heterocycles. The van der Waals surface area contributed by atoms with E-state index in [4.69, 9.17) is 4.74 Å². The minimum absolute atomic E-state index is 0.00685. The number of hydrogen-bond acceptors (Lipinski definition) is 3. The molecule has 4 nitrogen and oxygen atoms in total. The summed E-state index contributed by atoms with van der Waals surface area (Å²) in [5.74, 6) is 0.00685. The van der Waals surface area contributed by atoms with E-state index in [0.717, 1.165) is 29.9 Å². The summed E-state index contributed by atoms with van der Waals surface area (Å²) < 4.78 is 5.43. The van der Waals surface area contributed by atoms with Crippen LogP contribution in [0.3, 0.4) is 0 Å². The van der Waals surface area contributed by atoms with Gasteiger partial charge in [-0.25, -0.2) is 0 Å². The van der Waals surface area contributed by atoms with Crippen molar-refractivity contribution < 1.29 is 9.53 Å². The number of nitrogens with zero attached hydrogens (tertiary/aromatic N) is 1. The van der Waals surface area contributed by atoms with Crippen LogP contribution < -0.4 is 5.32 Å². The minimum atomic E-state index is -0.292. The number of hydrogen-bond donors (Lipinski definition) is 1. The number of aryl methyl sites for hydroxylation is 1. The fourth-order valence-corrected chi connectivity index (χ4v) is 2.91. The van der Waals surface area contributed by atoms with E-state index in [9.17, 15) is 4.79 Å². The first-order valence-electron chi connectivity index (χ1n) is 7.99. The maximum absolute atomic E-state index is 13.0. The van der Waals surface area contributed by atoms with Crippen molar-refractivity contribution in [3.8, 4) is 0 Å². The topological polar surface area (TPSA) is 41.6 Å². The first kappa shape index (κ1) is 15.7. The molecular weight excluding hydrogens is 288 g/mol. The summed E-state index contributed by atoms with van der Waals surface area (Å²) in [5.41, 5.74) is 2.95. The van der Waals surface area contributed by atoms with Gasteiger partial charge < -0.3 is 10.1 Å². The van der Waals surface area contributed by atoms with Crippen LogP contribution in [-0.2, 0) is 9.53 Å². The fraction of sp³-hybridized carbons (Fsp3) is 0.316. The summed E-state index contributed by atoms with van der Waals surface area (Å²) in [6.07, 6.45) is 0. The normalized spacial score (nSPS) is 16.7. The van der Waals surface area contributed by atoms with Crippen LogP contribution in [0.15, 0.2) is 54.6 Å². The molecule has 0 bridgehead atoms. The molecule has 0 unspecified atom stereocenters. The van der Waals surface area contributed by atoms with Crippen molar-refractivity contribution in [1.29, 1.82) is 0 Å². The standard InChI is InChI=1S/C19H22N2O2/c1-15-7-5-6-10-17(15)20-19(22)18(16-8-3-2-4-9-16)21-11-13-23-14-12-21/h2-10,18H,11-14H2,1H3,(H,20,22)/t18-/m1/s1. The molecule has 1 atom stereocenters. The van der Waals surface area contributed by atoms with Crippen molar-refractivity contribution in [3.05, 3.63) is 65.7 Å². The van der Waals surface area contributed by atoms with E-state index in [1.807, 2.05) is 61.5 Å². The lowest BCUT2D eigenvalue weighted by atomic mass is 10.0. The molecule has 0 saturated carbocycles. The van der Waals surface area contributed by atoms with Crippen molar-refractivity contribution >= 4 is 11.6 Å². The zero-order valence-corrected chi connectivity index (χ0v) is 13.4. The number of anilines is 1. The molecule has 0 spiro atoms. The van der Waals surface area contributed by atoms with Crippen LogP contribution >= 0.6 is 0 Å². The van der Waals surface area contributed by atoms with E-state index in [0.29, 0.717) is 13.2 Å². The van der Waals surface area contributed by atoms with Gasteiger partial charge in [0.2, 0.25) is 5.91 Å². The minimum Gasteiger partial charge on any atom is -0.379 e. The molecule has 23 heavy (non-hydrogen) atoms. The van der Waals surface area contributed by atoms with E-state index in [2.05, 4.69) is 10.2 Å². The molecule has 1 amide bonds. The van der Waals surface area contributed by atoms with Crippen LogP contribution in [0.2, 0.25) is 0 Å². The van der Waals surface area contributed by atoms with E-state index >= 15 is 0 Å². The zero-order chi connectivity index (χ0) is 16.1. The molecule has 2 aromatic carbocycles. The maximum Gasteiger partial charge on any atom is 0.246 e. The molecule has 0 aromatic heterocycles. The lowest BCUT2D eigenvalue weighted by Gasteiger charge is -2.33. The maximum atomic E-state index is 13.0. The fourth-order valence-electron chi connectivity index (χ4n) is 2.91. The van der Waals surface area contributed by atoms with Gasteiger partial charge in [-0.05, 0) is 24.1 Å². The number of para-hydroxylation sites is 1. The Morgan fingerprint density at radius 3 is 2.39 bits per heavy atom. The van der Waals surface area contributed by atoms with Gasteiger partial charge in [0.05, 0.1) is 13.2 Å². The molecule has 1 aliphatic rings. The van der Waals surface area contributed by atoms with Crippen LogP contribution in [0.25, 0.3) is 0 Å². The highest BCUT2D eigenvalue weighted by Gasteiger charge is 2.29. The number of carbonyl (C=O) groups is 1. The van der Waals surface area contributed by atoms with Gasteiger partial charge in [-0.2, -0.15) is 0 Å². The second kappa shape index (κ2) is 7.40. The Morgan fingerprint density at radius 2 is 1.70 bits per heavy atom. The van der Waals surface area contributed by atoms with Crippen LogP contribution in [0.1, 0.15) is 17.2 Å². The number of benzene rings is 2. The average molecular weight is 310 g/mol. The third-order valence-electron chi connectivity index (χ3n) is 4.18. The summed E-state index contributed by atoms with van der Waals surface area (Å²) in [4.78, 5) is 15.2. The van der Waals surface area contributed by atoms with Crippen molar-refractivity contribution in [2.45, 2.75) is 13.0 Å². The Labute approximate surface area is 137 Å². The Kier molecular flexibility index (Phi) is 5.05. The Hall–Kier alpha value is -2.17. The van der Waals surface area contributed by atoms with Crippen LogP contribution in [-0.4, -0.2) is 37.1 Å². The van der Waals surface area contributed by atoms with Gasteiger partial charge >= 0.3 is 0 Å². The van der Waals surface area contributed by atoms with E-state index < -0.39 is 0 Å². The molecule has 0 aliphatic carbocycles. The Balaban J connectivity index is 1.85. The van der Waals surface area contributed by atoms with E-state index in [-0.39, 0.29) is 11.9 Å². The third kappa shape index (κ3) is 3.78. The molecule has 1 heterocycles. The second-order valence-corrected chi connectivity index (χ2v) is 5.77. The predicted octanol–water partition coefficient (Wildman–Crippen LogP) is 3.01. The molecule has 1 N–H and O–H groups in total. The van der Waals surface area contributed by atoms with E-state index in [1.54, 1.807) is 0 Å². The molecule has 3 rings (SSSR count). The number of amides is 1. The van der Waals surface area contributed by atoms with Gasteiger partial charge in [0, 0.05) is 18.8 Å². The number of ether oxygens (including phenoxy) is 1. The van der Waals surface area contributed by atoms with Crippen LogP contribution in [0, 0.1) is 6.92 Å². The molecule has 0 radical (unpaired) electrons. The summed E-state index contributed by atoms with van der Waals surface area (Å²) >= 11 is 0. The van der Waals surface area contributed by atoms with Gasteiger partial charge in [-0.15, -0.1) is 0 Å². The lowest BCUT2D eigenvalue weighted by Crippen LogP contribution is -2.43. The largest absolute Gasteiger partial charge is 0.379 e. The predicted molar refractivity (Wildman–Crippen MR) is 91.4 cm³/mol. The smallest absolute Gasteiger partial charge is 0.246 e. The quantitative estimate of drug-likeness (QED) is 0.944. The molecule has 120 valence electrons. The van der Waals surface area contributed by atoms with Gasteiger partial charge in [0.1, 0.15) is 6.04 Å². The first-order chi connectivity index (χ1) is 11.3. The van der Waals surface area contributed by atoms with Crippen molar-refractivity contribution in [2.24, 2.45) is 0 Å². The molecule has 1 saturated heterocycles.